The van der Waals surface area contributed by atoms with E-state index in [4.69, 9.17) is 9.47 Å². The van der Waals surface area contributed by atoms with E-state index in [2.05, 4.69) is 37.6 Å². The third-order valence-corrected chi connectivity index (χ3v) is 5.24. The fourth-order valence-corrected chi connectivity index (χ4v) is 3.45. The largest absolute Gasteiger partial charge is 0.480 e. The summed E-state index contributed by atoms with van der Waals surface area (Å²) in [5.74, 6) is -2.23. The normalized spacial score (nSPS) is 12.6. The topological polar surface area (TPSA) is 235 Å². The van der Waals surface area contributed by atoms with Gasteiger partial charge in [-0.15, -0.1) is 0 Å². The van der Waals surface area contributed by atoms with Gasteiger partial charge < -0.3 is 46.8 Å². The van der Waals surface area contributed by atoms with E-state index in [0.717, 1.165) is 5.56 Å². The fourth-order valence-electron chi connectivity index (χ4n) is 3.28. The number of unbranched alkanes of at least 4 members (excludes halogenated alkanes) is 1. The van der Waals surface area contributed by atoms with Crippen molar-refractivity contribution >= 4 is 46.3 Å². The van der Waals surface area contributed by atoms with Gasteiger partial charge in [0.1, 0.15) is 24.3 Å². The number of hydrogen-bond donors (Lipinski definition) is 5. The summed E-state index contributed by atoms with van der Waals surface area (Å²) in [6.45, 7) is 7.17. The Morgan fingerprint density at radius 3 is 2.10 bits per heavy atom. The molecule has 1 aromatic rings. The standard InChI is InChI=1S/C26H39N4O8.Al.2H2O/c1-5-27-22(32)19(13-9-10-16-28-24(35)37-17-18-11-7-6-8-12-18)29-21(31)15-14-20(23(33)34)30-25(36)38-26(2,3)4;;;/h5-8,11-12,19-20H,9-10,13-17H2,1-4H3,(H,27,32)(H,28,35)(H,29,31)(H,30,36)(H,33,34);;2*1H2/t19-,20-;;;/m0.../s1. The van der Waals surface area contributed by atoms with Crippen molar-refractivity contribution in [3.63, 3.8) is 0 Å². The lowest BCUT2D eigenvalue weighted by Gasteiger charge is -2.22. The molecule has 1 rings (SSSR count). The molecule has 3 atom stereocenters. The number of carbonyl (C=O) groups is 5. The van der Waals surface area contributed by atoms with Crippen LogP contribution in [0.25, 0.3) is 0 Å². The number of benzene rings is 1. The van der Waals surface area contributed by atoms with Crippen LogP contribution in [0.5, 0.6) is 0 Å². The van der Waals surface area contributed by atoms with Crippen LogP contribution in [0.4, 0.5) is 9.59 Å². The highest BCUT2D eigenvalue weighted by Gasteiger charge is 2.26. The van der Waals surface area contributed by atoms with Crippen molar-refractivity contribution in [1.29, 1.82) is 0 Å². The zero-order valence-corrected chi connectivity index (χ0v) is 25.1. The molecule has 14 nitrogen and oxygen atoms in total. The summed E-state index contributed by atoms with van der Waals surface area (Å²) < 4.78 is 10.2. The third-order valence-electron chi connectivity index (χ3n) is 5.07. The zero-order chi connectivity index (χ0) is 29.4. The van der Waals surface area contributed by atoms with Crippen molar-refractivity contribution in [2.45, 2.75) is 89.0 Å². The van der Waals surface area contributed by atoms with Gasteiger partial charge >= 0.3 is 18.2 Å². The predicted octanol–water partition coefficient (Wildman–Crippen LogP) is 0.307. The van der Waals surface area contributed by atoms with Gasteiger partial charge in [0.05, 0.1) is 0 Å². The van der Waals surface area contributed by atoms with Gasteiger partial charge in [-0.3, -0.25) is 9.59 Å². The maximum atomic E-state index is 12.6. The van der Waals surface area contributed by atoms with Crippen molar-refractivity contribution in [2.75, 3.05) is 6.54 Å². The molecule has 9 N–H and O–H groups in total. The highest BCUT2D eigenvalue weighted by Crippen LogP contribution is 2.09. The lowest BCUT2D eigenvalue weighted by Crippen LogP contribution is -2.49. The Balaban J connectivity index is 0. The van der Waals surface area contributed by atoms with Crippen molar-refractivity contribution < 1.29 is 49.5 Å². The summed E-state index contributed by atoms with van der Waals surface area (Å²) in [7, 11) is 0. The summed E-state index contributed by atoms with van der Waals surface area (Å²) in [5, 5.41) is 19.6. The second kappa shape index (κ2) is 20.5. The number of carboxylic acid groups (broad SMARTS) is 1. The maximum Gasteiger partial charge on any atom is 0.408 e. The van der Waals surface area contributed by atoms with E-state index < -0.39 is 41.7 Å². The number of alkyl carbamates (subject to hydrolysis) is 2. The molecule has 0 saturated heterocycles. The van der Waals surface area contributed by atoms with E-state index >= 15 is 0 Å². The van der Waals surface area contributed by atoms with E-state index in [1.165, 1.54) is 0 Å². The molecular formula is C26H43AlN4O10. The quantitative estimate of drug-likeness (QED) is 0.139. The van der Waals surface area contributed by atoms with Crippen LogP contribution in [0.3, 0.4) is 0 Å². The minimum Gasteiger partial charge on any atom is -0.480 e. The Kier molecular flexibility index (Phi) is 19.9. The molecule has 0 unspecified atom stereocenters. The SMILES string of the molecule is C[C@H]([Al])NC(=O)[C@H](CCCCNC(=O)OCc1ccccc1)NC(=O)CC[C@H](NC(=O)OC(C)(C)C)C(=O)O.O.O. The second-order valence-corrected chi connectivity index (χ2v) is 11.0. The van der Waals surface area contributed by atoms with Gasteiger partial charge in [0.2, 0.25) is 11.8 Å². The summed E-state index contributed by atoms with van der Waals surface area (Å²) in [6.07, 6.45) is -0.525. The number of hydrogen-bond acceptors (Lipinski definition) is 7. The van der Waals surface area contributed by atoms with Crippen LogP contribution < -0.4 is 21.3 Å². The van der Waals surface area contributed by atoms with Crippen LogP contribution in [0.1, 0.15) is 65.4 Å². The van der Waals surface area contributed by atoms with Crippen LogP contribution in [0.15, 0.2) is 30.3 Å². The van der Waals surface area contributed by atoms with Crippen molar-refractivity contribution in [3.05, 3.63) is 35.9 Å². The second-order valence-electron chi connectivity index (χ2n) is 9.98. The molecule has 0 aliphatic carbocycles. The fraction of sp³-hybridized carbons (Fsp3) is 0.577. The molecule has 0 heterocycles. The molecule has 0 saturated carbocycles. The highest BCUT2D eigenvalue weighted by atomic mass is 27.0. The van der Waals surface area contributed by atoms with Crippen molar-refractivity contribution in [3.8, 4) is 0 Å². The van der Waals surface area contributed by atoms with E-state index in [0.29, 0.717) is 25.8 Å². The van der Waals surface area contributed by atoms with Crippen LogP contribution in [-0.4, -0.2) is 91.5 Å². The molecule has 0 fully saturated rings. The Hall–Kier alpha value is -3.38. The molecule has 0 aliphatic rings. The van der Waals surface area contributed by atoms with Gasteiger partial charge in [-0.2, -0.15) is 0 Å². The first kappa shape index (κ1) is 39.8. The Bertz CT molecular complexity index is 957. The lowest BCUT2D eigenvalue weighted by atomic mass is 10.1. The smallest absolute Gasteiger partial charge is 0.408 e. The number of aliphatic carboxylic acids is 1. The van der Waals surface area contributed by atoms with Crippen LogP contribution >= 0.6 is 0 Å². The predicted molar refractivity (Wildman–Crippen MR) is 151 cm³/mol. The van der Waals surface area contributed by atoms with Crippen LogP contribution in [0, 0.1) is 0 Å². The molecule has 1 aromatic carbocycles. The number of ether oxygens (including phenoxy) is 2. The molecule has 2 radical (unpaired) electrons. The molecule has 0 bridgehead atoms. The molecule has 4 amide bonds. The van der Waals surface area contributed by atoms with Gasteiger partial charge in [-0.25, -0.2) is 14.4 Å². The number of amides is 4. The van der Waals surface area contributed by atoms with Crippen molar-refractivity contribution in [2.24, 2.45) is 0 Å². The lowest BCUT2D eigenvalue weighted by molar-refractivity contribution is -0.140. The maximum absolute atomic E-state index is 12.6. The monoisotopic (exact) mass is 598 g/mol. The number of carbonyl (C=O) groups excluding carboxylic acids is 4. The molecule has 0 aliphatic heterocycles. The summed E-state index contributed by atoms with van der Waals surface area (Å²) in [6, 6.07) is 7.08. The first-order chi connectivity index (χ1) is 18.3. The first-order valence-electron chi connectivity index (χ1n) is 12.8. The van der Waals surface area contributed by atoms with Gasteiger partial charge in [-0.1, -0.05) is 37.3 Å². The minimum absolute atomic E-state index is 0. The number of rotatable bonds is 15. The first-order valence-corrected chi connectivity index (χ1v) is 13.5. The number of nitrogens with one attached hydrogen (secondary N) is 4. The Labute approximate surface area is 248 Å². The molecule has 15 heteroatoms. The van der Waals surface area contributed by atoms with E-state index in [1.54, 1.807) is 27.7 Å². The molecule has 230 valence electrons. The summed E-state index contributed by atoms with van der Waals surface area (Å²) in [4.78, 5) is 60.2. The van der Waals surface area contributed by atoms with Gasteiger partial charge in [0.15, 0.2) is 16.3 Å². The Morgan fingerprint density at radius 2 is 1.54 bits per heavy atom. The average molecular weight is 599 g/mol. The van der Waals surface area contributed by atoms with Gasteiger partial charge in [0, 0.05) is 13.0 Å². The average Bonchev–Trinajstić information content (AvgIpc) is 2.83. The molecule has 41 heavy (non-hydrogen) atoms. The zero-order valence-electron chi connectivity index (χ0n) is 24.0. The minimum atomic E-state index is -1.34. The van der Waals surface area contributed by atoms with E-state index in [-0.39, 0.29) is 41.2 Å². The third kappa shape index (κ3) is 19.4. The summed E-state index contributed by atoms with van der Waals surface area (Å²) >= 11 is 2.43. The van der Waals surface area contributed by atoms with Gasteiger partial charge in [-0.05, 0) is 56.9 Å². The molecule has 0 aromatic heterocycles. The Morgan fingerprint density at radius 1 is 0.902 bits per heavy atom. The molecular weight excluding hydrogens is 555 g/mol. The highest BCUT2D eigenvalue weighted by molar-refractivity contribution is 6.13. The van der Waals surface area contributed by atoms with Crippen LogP contribution in [-0.2, 0) is 30.5 Å². The molecule has 0 spiro atoms. The van der Waals surface area contributed by atoms with Crippen molar-refractivity contribution in [1.82, 2.24) is 21.3 Å². The van der Waals surface area contributed by atoms with Crippen LogP contribution in [0.2, 0.25) is 0 Å². The van der Waals surface area contributed by atoms with Gasteiger partial charge in [0.25, 0.3) is 0 Å². The summed E-state index contributed by atoms with van der Waals surface area (Å²) in [5.41, 5.74) is 0.0634. The number of carboxylic acids is 1. The van der Waals surface area contributed by atoms with E-state index in [1.807, 2.05) is 30.3 Å². The van der Waals surface area contributed by atoms with E-state index in [9.17, 15) is 29.1 Å².